The Morgan fingerprint density at radius 2 is 2.29 bits per heavy atom. The fraction of sp³-hybridized carbons (Fsp3) is 0.231. The van der Waals surface area contributed by atoms with Crippen molar-refractivity contribution in [1.82, 2.24) is 4.98 Å². The summed E-state index contributed by atoms with van der Waals surface area (Å²) in [4.78, 5) is 5.20. The largest absolute Gasteiger partial charge is 0.244 e. The van der Waals surface area contributed by atoms with Crippen molar-refractivity contribution in [3.63, 3.8) is 0 Å². The number of halogens is 1. The number of rotatable bonds is 3. The smallest absolute Gasteiger partial charge is 0.128 e. The highest BCUT2D eigenvalue weighted by atomic mass is 35.5. The minimum atomic E-state index is 0.726. The van der Waals surface area contributed by atoms with E-state index in [0.717, 1.165) is 39.0 Å². The van der Waals surface area contributed by atoms with E-state index in [1.807, 2.05) is 31.2 Å². The average Bonchev–Trinajstić information content (AvgIpc) is 2.71. The molecule has 17 heavy (non-hydrogen) atoms. The van der Waals surface area contributed by atoms with Crippen LogP contribution in [0.15, 0.2) is 24.3 Å². The molecule has 0 radical (unpaired) electrons. The van der Waals surface area contributed by atoms with E-state index in [0.29, 0.717) is 0 Å². The third-order valence-electron chi connectivity index (χ3n) is 2.42. The fourth-order valence-corrected chi connectivity index (χ4v) is 2.82. The molecule has 0 fully saturated rings. The standard InChI is InChI=1S/C13H11ClN2S/c1-2-11-12(8-15)17-13(16-11)7-9-4-3-5-10(14)6-9/h3-6H,2,7H2,1H3. The molecule has 2 rings (SSSR count). The van der Waals surface area contributed by atoms with Crippen LogP contribution in [0, 0.1) is 11.3 Å². The van der Waals surface area contributed by atoms with Crippen molar-refractivity contribution in [3.8, 4) is 6.07 Å². The van der Waals surface area contributed by atoms with Gasteiger partial charge >= 0.3 is 0 Å². The molecule has 2 aromatic rings. The molecule has 0 bridgehead atoms. The first-order valence-electron chi connectivity index (χ1n) is 5.36. The fourth-order valence-electron chi connectivity index (χ4n) is 1.62. The second-order valence-corrected chi connectivity index (χ2v) is 5.18. The van der Waals surface area contributed by atoms with Crippen molar-refractivity contribution >= 4 is 22.9 Å². The maximum atomic E-state index is 8.97. The van der Waals surface area contributed by atoms with Gasteiger partial charge in [0, 0.05) is 11.4 Å². The number of aromatic nitrogens is 1. The van der Waals surface area contributed by atoms with Crippen LogP contribution in [-0.4, -0.2) is 4.98 Å². The van der Waals surface area contributed by atoms with Crippen molar-refractivity contribution in [3.05, 3.63) is 50.4 Å². The Kier molecular flexibility index (Phi) is 3.78. The van der Waals surface area contributed by atoms with Crippen LogP contribution < -0.4 is 0 Å². The van der Waals surface area contributed by atoms with Crippen LogP contribution in [0.25, 0.3) is 0 Å². The summed E-state index contributed by atoms with van der Waals surface area (Å²) < 4.78 is 0. The van der Waals surface area contributed by atoms with Crippen molar-refractivity contribution < 1.29 is 0 Å². The summed E-state index contributed by atoms with van der Waals surface area (Å²) >= 11 is 7.40. The van der Waals surface area contributed by atoms with Crippen LogP contribution >= 0.6 is 22.9 Å². The highest BCUT2D eigenvalue weighted by molar-refractivity contribution is 7.12. The summed E-state index contributed by atoms with van der Waals surface area (Å²) in [5, 5.41) is 10.7. The Morgan fingerprint density at radius 3 is 2.88 bits per heavy atom. The molecule has 0 aliphatic carbocycles. The van der Waals surface area contributed by atoms with E-state index in [1.54, 1.807) is 0 Å². The molecule has 0 N–H and O–H groups in total. The number of nitrogens with zero attached hydrogens (tertiary/aromatic N) is 2. The predicted octanol–water partition coefficient (Wildman–Crippen LogP) is 3.82. The maximum Gasteiger partial charge on any atom is 0.128 e. The van der Waals surface area contributed by atoms with Crippen LogP contribution in [0.2, 0.25) is 5.02 Å². The molecule has 0 aliphatic rings. The van der Waals surface area contributed by atoms with Crippen LogP contribution in [0.1, 0.15) is 28.1 Å². The Hall–Kier alpha value is -1.37. The maximum absolute atomic E-state index is 8.97. The monoisotopic (exact) mass is 262 g/mol. The zero-order valence-corrected chi connectivity index (χ0v) is 11.0. The van der Waals surface area contributed by atoms with Crippen molar-refractivity contribution in [2.75, 3.05) is 0 Å². The van der Waals surface area contributed by atoms with Gasteiger partial charge < -0.3 is 0 Å². The zero-order chi connectivity index (χ0) is 12.3. The topological polar surface area (TPSA) is 36.7 Å². The first kappa shape index (κ1) is 12.1. The molecule has 0 atom stereocenters. The van der Waals surface area contributed by atoms with Gasteiger partial charge in [-0.2, -0.15) is 5.26 Å². The van der Waals surface area contributed by atoms with Crippen LogP contribution in [-0.2, 0) is 12.8 Å². The summed E-state index contributed by atoms with van der Waals surface area (Å²) in [6.07, 6.45) is 1.54. The van der Waals surface area contributed by atoms with Gasteiger partial charge in [0.05, 0.1) is 10.7 Å². The number of nitriles is 1. The molecule has 0 amide bonds. The third kappa shape index (κ3) is 2.85. The van der Waals surface area contributed by atoms with E-state index in [1.165, 1.54) is 11.3 Å². The van der Waals surface area contributed by atoms with E-state index in [9.17, 15) is 0 Å². The molecule has 1 heterocycles. The van der Waals surface area contributed by atoms with Gasteiger partial charge in [0.1, 0.15) is 10.9 Å². The van der Waals surface area contributed by atoms with E-state index in [2.05, 4.69) is 11.1 Å². The van der Waals surface area contributed by atoms with Gasteiger partial charge in [-0.05, 0) is 24.1 Å². The van der Waals surface area contributed by atoms with E-state index in [-0.39, 0.29) is 0 Å². The normalized spacial score (nSPS) is 10.2. The van der Waals surface area contributed by atoms with Crippen molar-refractivity contribution in [2.24, 2.45) is 0 Å². The second kappa shape index (κ2) is 5.31. The van der Waals surface area contributed by atoms with Gasteiger partial charge in [0.2, 0.25) is 0 Å². The Bertz CT molecular complexity index is 569. The molecule has 0 aliphatic heterocycles. The molecule has 0 spiro atoms. The van der Waals surface area contributed by atoms with Crippen molar-refractivity contribution in [2.45, 2.75) is 19.8 Å². The highest BCUT2D eigenvalue weighted by Crippen LogP contribution is 2.22. The van der Waals surface area contributed by atoms with Crippen LogP contribution in [0.5, 0.6) is 0 Å². The van der Waals surface area contributed by atoms with Gasteiger partial charge in [0.15, 0.2) is 0 Å². The lowest BCUT2D eigenvalue weighted by Gasteiger charge is -1.98. The Balaban J connectivity index is 2.25. The molecular formula is C13H11ClN2S. The molecule has 1 aromatic heterocycles. The van der Waals surface area contributed by atoms with E-state index < -0.39 is 0 Å². The molecule has 0 unspecified atom stereocenters. The summed E-state index contributed by atoms with van der Waals surface area (Å²) in [5.41, 5.74) is 2.02. The van der Waals surface area contributed by atoms with Crippen LogP contribution in [0.3, 0.4) is 0 Å². The SMILES string of the molecule is CCc1nc(Cc2cccc(Cl)c2)sc1C#N. The van der Waals surface area contributed by atoms with Crippen LogP contribution in [0.4, 0.5) is 0 Å². The number of benzene rings is 1. The lowest BCUT2D eigenvalue weighted by Crippen LogP contribution is -1.88. The quantitative estimate of drug-likeness (QED) is 0.843. The Labute approximate surface area is 110 Å². The summed E-state index contributed by atoms with van der Waals surface area (Å²) in [6, 6.07) is 9.92. The van der Waals surface area contributed by atoms with Gasteiger partial charge in [-0.25, -0.2) is 4.98 Å². The van der Waals surface area contributed by atoms with E-state index >= 15 is 0 Å². The summed E-state index contributed by atoms with van der Waals surface area (Å²) in [7, 11) is 0. The van der Waals surface area contributed by atoms with Crippen molar-refractivity contribution in [1.29, 1.82) is 5.26 Å². The lowest BCUT2D eigenvalue weighted by molar-refractivity contribution is 1.01. The van der Waals surface area contributed by atoms with Gasteiger partial charge in [-0.1, -0.05) is 30.7 Å². The second-order valence-electron chi connectivity index (χ2n) is 3.66. The van der Waals surface area contributed by atoms with Gasteiger partial charge in [-0.3, -0.25) is 0 Å². The number of hydrogen-bond donors (Lipinski definition) is 0. The number of hydrogen-bond acceptors (Lipinski definition) is 3. The highest BCUT2D eigenvalue weighted by Gasteiger charge is 2.09. The third-order valence-corrected chi connectivity index (χ3v) is 3.66. The molecule has 0 saturated carbocycles. The molecule has 1 aromatic carbocycles. The van der Waals surface area contributed by atoms with E-state index in [4.69, 9.17) is 16.9 Å². The van der Waals surface area contributed by atoms with Gasteiger partial charge in [0.25, 0.3) is 0 Å². The molecule has 4 heteroatoms. The average molecular weight is 263 g/mol. The zero-order valence-electron chi connectivity index (χ0n) is 9.40. The number of aryl methyl sites for hydroxylation is 1. The summed E-state index contributed by atoms with van der Waals surface area (Å²) in [6.45, 7) is 2.01. The lowest BCUT2D eigenvalue weighted by atomic mass is 10.2. The first-order valence-corrected chi connectivity index (χ1v) is 6.55. The molecule has 2 nitrogen and oxygen atoms in total. The first-order chi connectivity index (χ1) is 8.22. The minimum Gasteiger partial charge on any atom is -0.244 e. The van der Waals surface area contributed by atoms with Gasteiger partial charge in [-0.15, -0.1) is 11.3 Å². The minimum absolute atomic E-state index is 0.726. The molecular weight excluding hydrogens is 252 g/mol. The Morgan fingerprint density at radius 1 is 1.47 bits per heavy atom. The number of thiazole rings is 1. The molecule has 0 saturated heterocycles. The molecule has 86 valence electrons. The summed E-state index contributed by atoms with van der Waals surface area (Å²) in [5.74, 6) is 0. The predicted molar refractivity (Wildman–Crippen MR) is 70.5 cm³/mol.